The number of halogens is 1. The number of rotatable bonds is 7. The number of pyridine rings is 1. The first-order valence-corrected chi connectivity index (χ1v) is 10.6. The number of aromatic nitrogens is 1. The van der Waals surface area contributed by atoms with Crippen molar-refractivity contribution in [3.05, 3.63) is 83.6 Å². The van der Waals surface area contributed by atoms with Gasteiger partial charge >= 0.3 is 0 Å². The maximum absolute atomic E-state index is 12.8. The van der Waals surface area contributed by atoms with Crippen LogP contribution in [0.25, 0.3) is 0 Å². The molecule has 2 aromatic carbocycles. The SMILES string of the molecule is O=C(c1ccc(Oc2cccnc2)cc1)N1CCN(CCOc2ccccc2Cl)CC1. The number of hydrogen-bond donors (Lipinski definition) is 0. The van der Waals surface area contributed by atoms with E-state index in [1.165, 1.54) is 0 Å². The molecule has 31 heavy (non-hydrogen) atoms. The Bertz CT molecular complexity index is 990. The summed E-state index contributed by atoms with van der Waals surface area (Å²) in [5.41, 5.74) is 0.661. The molecule has 6 nitrogen and oxygen atoms in total. The standard InChI is InChI=1S/C24H24ClN3O3/c25-22-5-1-2-6-23(22)30-17-16-27-12-14-28(15-13-27)24(29)19-7-9-20(10-8-19)31-21-4-3-11-26-18-21/h1-11,18H,12-17H2. The summed E-state index contributed by atoms with van der Waals surface area (Å²) in [6, 6.07) is 18.3. The minimum atomic E-state index is 0.0416. The molecule has 0 saturated carbocycles. The van der Waals surface area contributed by atoms with Crippen molar-refractivity contribution in [1.29, 1.82) is 0 Å². The Hall–Kier alpha value is -3.09. The molecule has 2 heterocycles. The van der Waals surface area contributed by atoms with E-state index in [1.807, 2.05) is 53.4 Å². The molecule has 3 aromatic rings. The Morgan fingerprint density at radius 1 is 0.935 bits per heavy atom. The van der Waals surface area contributed by atoms with E-state index in [9.17, 15) is 4.79 Å². The highest BCUT2D eigenvalue weighted by Gasteiger charge is 2.22. The quantitative estimate of drug-likeness (QED) is 0.549. The van der Waals surface area contributed by atoms with Gasteiger partial charge in [0.05, 0.1) is 11.2 Å². The van der Waals surface area contributed by atoms with Crippen molar-refractivity contribution in [3.63, 3.8) is 0 Å². The minimum absolute atomic E-state index is 0.0416. The molecule has 1 amide bonds. The van der Waals surface area contributed by atoms with Crippen LogP contribution in [0.2, 0.25) is 5.02 Å². The number of piperazine rings is 1. The largest absolute Gasteiger partial charge is 0.491 e. The third-order valence-electron chi connectivity index (χ3n) is 5.13. The van der Waals surface area contributed by atoms with Gasteiger partial charge in [0.2, 0.25) is 0 Å². The second-order valence-electron chi connectivity index (χ2n) is 7.23. The summed E-state index contributed by atoms with van der Waals surface area (Å²) in [6.45, 7) is 4.39. The van der Waals surface area contributed by atoms with Gasteiger partial charge < -0.3 is 14.4 Å². The summed E-state index contributed by atoms with van der Waals surface area (Å²) in [5, 5.41) is 0.620. The average molecular weight is 438 g/mol. The van der Waals surface area contributed by atoms with E-state index >= 15 is 0 Å². The number of carbonyl (C=O) groups excluding carboxylic acids is 1. The summed E-state index contributed by atoms with van der Waals surface area (Å²) < 4.78 is 11.5. The topological polar surface area (TPSA) is 54.9 Å². The molecule has 0 bridgehead atoms. The number of ether oxygens (including phenoxy) is 2. The molecule has 0 unspecified atom stereocenters. The lowest BCUT2D eigenvalue weighted by Crippen LogP contribution is -2.49. The van der Waals surface area contributed by atoms with Gasteiger partial charge in [0.25, 0.3) is 5.91 Å². The van der Waals surface area contributed by atoms with Crippen LogP contribution in [-0.4, -0.2) is 60.0 Å². The second kappa shape index (κ2) is 10.3. The molecule has 1 saturated heterocycles. The summed E-state index contributed by atoms with van der Waals surface area (Å²) >= 11 is 6.11. The van der Waals surface area contributed by atoms with Crippen molar-refractivity contribution in [2.75, 3.05) is 39.3 Å². The van der Waals surface area contributed by atoms with E-state index in [0.717, 1.165) is 19.6 Å². The lowest BCUT2D eigenvalue weighted by Gasteiger charge is -2.34. The van der Waals surface area contributed by atoms with Crippen molar-refractivity contribution in [1.82, 2.24) is 14.8 Å². The number of para-hydroxylation sites is 1. The fourth-order valence-corrected chi connectivity index (χ4v) is 3.60. The zero-order chi connectivity index (χ0) is 21.5. The van der Waals surface area contributed by atoms with Gasteiger partial charge in [0.15, 0.2) is 0 Å². The van der Waals surface area contributed by atoms with Crippen LogP contribution >= 0.6 is 11.6 Å². The van der Waals surface area contributed by atoms with Gasteiger partial charge in [-0.3, -0.25) is 14.7 Å². The molecule has 160 valence electrons. The van der Waals surface area contributed by atoms with E-state index < -0.39 is 0 Å². The predicted octanol–water partition coefficient (Wildman–Crippen LogP) is 4.36. The smallest absolute Gasteiger partial charge is 0.253 e. The van der Waals surface area contributed by atoms with Crippen LogP contribution in [0.15, 0.2) is 73.1 Å². The first-order valence-electron chi connectivity index (χ1n) is 10.3. The lowest BCUT2D eigenvalue weighted by molar-refractivity contribution is 0.0620. The van der Waals surface area contributed by atoms with Crippen molar-refractivity contribution < 1.29 is 14.3 Å². The second-order valence-corrected chi connectivity index (χ2v) is 7.64. The van der Waals surface area contributed by atoms with Gasteiger partial charge in [-0.05, 0) is 48.5 Å². The molecule has 0 atom stereocenters. The Balaban J connectivity index is 1.23. The Morgan fingerprint density at radius 3 is 2.42 bits per heavy atom. The van der Waals surface area contributed by atoms with Crippen molar-refractivity contribution >= 4 is 17.5 Å². The van der Waals surface area contributed by atoms with E-state index in [1.54, 1.807) is 24.5 Å². The maximum atomic E-state index is 12.8. The van der Waals surface area contributed by atoms with Crippen LogP contribution in [0.4, 0.5) is 0 Å². The summed E-state index contributed by atoms with van der Waals surface area (Å²) in [6.07, 6.45) is 3.35. The summed E-state index contributed by atoms with van der Waals surface area (Å²) in [5.74, 6) is 2.08. The molecule has 1 aliphatic rings. The Kier molecular flexibility index (Phi) is 7.02. The van der Waals surface area contributed by atoms with Gasteiger partial charge in [-0.2, -0.15) is 0 Å². The summed E-state index contributed by atoms with van der Waals surface area (Å²) in [4.78, 5) is 21.0. The highest BCUT2D eigenvalue weighted by molar-refractivity contribution is 6.32. The molecule has 7 heteroatoms. The van der Waals surface area contributed by atoms with Crippen LogP contribution in [0.3, 0.4) is 0 Å². The van der Waals surface area contributed by atoms with E-state index in [4.69, 9.17) is 21.1 Å². The number of nitrogens with zero attached hydrogens (tertiary/aromatic N) is 3. The number of carbonyl (C=O) groups is 1. The average Bonchev–Trinajstić information content (AvgIpc) is 2.81. The molecular weight excluding hydrogens is 414 g/mol. The van der Waals surface area contributed by atoms with Crippen LogP contribution < -0.4 is 9.47 Å². The predicted molar refractivity (Wildman–Crippen MR) is 120 cm³/mol. The van der Waals surface area contributed by atoms with E-state index in [0.29, 0.717) is 47.5 Å². The molecule has 0 spiro atoms. The van der Waals surface area contributed by atoms with Crippen molar-refractivity contribution in [3.8, 4) is 17.2 Å². The molecular formula is C24H24ClN3O3. The number of amides is 1. The van der Waals surface area contributed by atoms with Crippen LogP contribution in [0.1, 0.15) is 10.4 Å². The molecule has 1 fully saturated rings. The molecule has 1 aliphatic heterocycles. The zero-order valence-electron chi connectivity index (χ0n) is 17.1. The molecule has 1 aromatic heterocycles. The van der Waals surface area contributed by atoms with Gasteiger partial charge in [0.1, 0.15) is 23.9 Å². The lowest BCUT2D eigenvalue weighted by atomic mass is 10.1. The zero-order valence-corrected chi connectivity index (χ0v) is 17.9. The van der Waals surface area contributed by atoms with E-state index in [-0.39, 0.29) is 5.91 Å². The fourth-order valence-electron chi connectivity index (χ4n) is 3.41. The van der Waals surface area contributed by atoms with Crippen LogP contribution in [0.5, 0.6) is 17.2 Å². The highest BCUT2D eigenvalue weighted by atomic mass is 35.5. The van der Waals surface area contributed by atoms with Crippen LogP contribution in [0, 0.1) is 0 Å². The van der Waals surface area contributed by atoms with E-state index in [2.05, 4.69) is 9.88 Å². The number of benzene rings is 2. The van der Waals surface area contributed by atoms with Gasteiger partial charge in [0, 0.05) is 44.5 Å². The summed E-state index contributed by atoms with van der Waals surface area (Å²) in [7, 11) is 0. The fraction of sp³-hybridized carbons (Fsp3) is 0.250. The van der Waals surface area contributed by atoms with Crippen LogP contribution in [-0.2, 0) is 0 Å². The Labute approximate surface area is 187 Å². The van der Waals surface area contributed by atoms with Gasteiger partial charge in [-0.25, -0.2) is 0 Å². The third kappa shape index (κ3) is 5.75. The highest BCUT2D eigenvalue weighted by Crippen LogP contribution is 2.23. The molecule has 0 radical (unpaired) electrons. The maximum Gasteiger partial charge on any atom is 0.253 e. The number of hydrogen-bond acceptors (Lipinski definition) is 5. The normalized spacial score (nSPS) is 14.3. The first kappa shape index (κ1) is 21.2. The van der Waals surface area contributed by atoms with Gasteiger partial charge in [-0.15, -0.1) is 0 Å². The minimum Gasteiger partial charge on any atom is -0.491 e. The van der Waals surface area contributed by atoms with Crippen molar-refractivity contribution in [2.45, 2.75) is 0 Å². The van der Waals surface area contributed by atoms with Gasteiger partial charge in [-0.1, -0.05) is 23.7 Å². The monoisotopic (exact) mass is 437 g/mol. The molecule has 4 rings (SSSR count). The third-order valence-corrected chi connectivity index (χ3v) is 5.44. The molecule has 0 N–H and O–H groups in total. The van der Waals surface area contributed by atoms with Crippen molar-refractivity contribution in [2.24, 2.45) is 0 Å². The first-order chi connectivity index (χ1) is 15.2. The molecule has 0 aliphatic carbocycles. The Morgan fingerprint density at radius 2 is 1.71 bits per heavy atom.